The molecule has 1 heterocycles. The molecular weight excluding hydrogens is 251 g/mol. The van der Waals surface area contributed by atoms with Gasteiger partial charge in [-0.25, -0.2) is 9.18 Å². The van der Waals surface area contributed by atoms with Crippen molar-refractivity contribution < 1.29 is 19.1 Å². The summed E-state index contributed by atoms with van der Waals surface area (Å²) in [7, 11) is 0. The lowest BCUT2D eigenvalue weighted by Crippen LogP contribution is -2.35. The highest BCUT2D eigenvalue weighted by Crippen LogP contribution is 2.27. The van der Waals surface area contributed by atoms with Crippen LogP contribution in [-0.2, 0) is 4.79 Å². The first-order chi connectivity index (χ1) is 8.92. The SMILES string of the molecule is CC1(C(=O)Nc2cc(C(=O)O)ccc2F)CCNC1. The van der Waals surface area contributed by atoms with E-state index < -0.39 is 17.2 Å². The van der Waals surface area contributed by atoms with Gasteiger partial charge in [0.1, 0.15) is 5.82 Å². The molecule has 1 aliphatic rings. The van der Waals surface area contributed by atoms with Crippen molar-refractivity contribution in [2.75, 3.05) is 18.4 Å². The first-order valence-electron chi connectivity index (χ1n) is 5.97. The Labute approximate surface area is 109 Å². The molecule has 1 fully saturated rings. The molecule has 1 aliphatic heterocycles. The fourth-order valence-corrected chi connectivity index (χ4v) is 2.04. The van der Waals surface area contributed by atoms with Crippen LogP contribution in [0.3, 0.4) is 0 Å². The minimum atomic E-state index is -1.16. The summed E-state index contributed by atoms with van der Waals surface area (Å²) in [6.45, 7) is 3.06. The molecule has 0 radical (unpaired) electrons. The van der Waals surface area contributed by atoms with E-state index in [0.717, 1.165) is 24.7 Å². The molecule has 1 aromatic rings. The van der Waals surface area contributed by atoms with Crippen molar-refractivity contribution in [2.45, 2.75) is 13.3 Å². The van der Waals surface area contributed by atoms with Crippen LogP contribution in [0.2, 0.25) is 0 Å². The number of benzene rings is 1. The van der Waals surface area contributed by atoms with Gasteiger partial charge in [0.2, 0.25) is 5.91 Å². The van der Waals surface area contributed by atoms with Crippen LogP contribution in [0.4, 0.5) is 10.1 Å². The maximum atomic E-state index is 13.6. The molecule has 5 nitrogen and oxygen atoms in total. The minimum absolute atomic E-state index is 0.0635. The van der Waals surface area contributed by atoms with Gasteiger partial charge in [-0.05, 0) is 38.1 Å². The summed E-state index contributed by atoms with van der Waals surface area (Å²) >= 11 is 0. The molecule has 1 atom stereocenters. The van der Waals surface area contributed by atoms with Gasteiger partial charge in [0.05, 0.1) is 16.7 Å². The van der Waals surface area contributed by atoms with Crippen LogP contribution in [0.5, 0.6) is 0 Å². The van der Waals surface area contributed by atoms with E-state index in [1.807, 2.05) is 0 Å². The summed E-state index contributed by atoms with van der Waals surface area (Å²) in [6.07, 6.45) is 0.666. The van der Waals surface area contributed by atoms with Crippen molar-refractivity contribution in [3.05, 3.63) is 29.6 Å². The highest BCUT2D eigenvalue weighted by atomic mass is 19.1. The Kier molecular flexibility index (Phi) is 3.53. The number of rotatable bonds is 3. The second-order valence-corrected chi connectivity index (χ2v) is 4.94. The number of nitrogens with one attached hydrogen (secondary N) is 2. The number of halogens is 1. The second kappa shape index (κ2) is 4.97. The fourth-order valence-electron chi connectivity index (χ4n) is 2.04. The Morgan fingerprint density at radius 1 is 1.47 bits per heavy atom. The van der Waals surface area contributed by atoms with E-state index in [4.69, 9.17) is 5.11 Å². The lowest BCUT2D eigenvalue weighted by atomic mass is 9.88. The number of aromatic carboxylic acids is 1. The average molecular weight is 266 g/mol. The zero-order valence-corrected chi connectivity index (χ0v) is 10.5. The van der Waals surface area contributed by atoms with Crippen molar-refractivity contribution >= 4 is 17.6 Å². The third kappa shape index (κ3) is 2.73. The molecule has 0 bridgehead atoms. The molecule has 19 heavy (non-hydrogen) atoms. The van der Waals surface area contributed by atoms with Gasteiger partial charge in [-0.1, -0.05) is 0 Å². The summed E-state index contributed by atoms with van der Waals surface area (Å²) in [5, 5.41) is 14.4. The topological polar surface area (TPSA) is 78.4 Å². The number of amides is 1. The van der Waals surface area contributed by atoms with Crippen LogP contribution in [0.1, 0.15) is 23.7 Å². The molecular formula is C13H15FN2O3. The van der Waals surface area contributed by atoms with Gasteiger partial charge in [0.15, 0.2) is 0 Å². The normalized spacial score (nSPS) is 22.2. The van der Waals surface area contributed by atoms with Gasteiger partial charge < -0.3 is 15.7 Å². The van der Waals surface area contributed by atoms with Crippen molar-refractivity contribution in [3.63, 3.8) is 0 Å². The maximum Gasteiger partial charge on any atom is 0.335 e. The number of anilines is 1. The van der Waals surface area contributed by atoms with E-state index in [-0.39, 0.29) is 17.2 Å². The lowest BCUT2D eigenvalue weighted by molar-refractivity contribution is -0.123. The number of carbonyl (C=O) groups is 2. The number of carboxylic acid groups (broad SMARTS) is 1. The van der Waals surface area contributed by atoms with E-state index in [1.165, 1.54) is 0 Å². The number of carboxylic acids is 1. The molecule has 102 valence electrons. The van der Waals surface area contributed by atoms with E-state index >= 15 is 0 Å². The maximum absolute atomic E-state index is 13.6. The van der Waals surface area contributed by atoms with Crippen LogP contribution < -0.4 is 10.6 Å². The van der Waals surface area contributed by atoms with Crippen LogP contribution >= 0.6 is 0 Å². The number of hydrogen-bond donors (Lipinski definition) is 3. The first-order valence-corrected chi connectivity index (χ1v) is 5.97. The second-order valence-electron chi connectivity index (χ2n) is 4.94. The largest absolute Gasteiger partial charge is 0.478 e. The van der Waals surface area contributed by atoms with Crippen molar-refractivity contribution in [2.24, 2.45) is 5.41 Å². The third-order valence-corrected chi connectivity index (χ3v) is 3.38. The molecule has 1 unspecified atom stereocenters. The van der Waals surface area contributed by atoms with Crippen molar-refractivity contribution in [1.29, 1.82) is 0 Å². The van der Waals surface area contributed by atoms with E-state index in [2.05, 4.69) is 10.6 Å². The van der Waals surface area contributed by atoms with Gasteiger partial charge in [-0.3, -0.25) is 4.79 Å². The van der Waals surface area contributed by atoms with Crippen LogP contribution in [0.25, 0.3) is 0 Å². The Morgan fingerprint density at radius 3 is 2.79 bits per heavy atom. The fraction of sp³-hybridized carbons (Fsp3) is 0.385. The molecule has 2 rings (SSSR count). The average Bonchev–Trinajstić information content (AvgIpc) is 2.80. The van der Waals surface area contributed by atoms with E-state index in [1.54, 1.807) is 6.92 Å². The Bertz CT molecular complexity index is 525. The smallest absolute Gasteiger partial charge is 0.335 e. The highest BCUT2D eigenvalue weighted by Gasteiger charge is 2.36. The van der Waals surface area contributed by atoms with Gasteiger partial charge in [0.25, 0.3) is 0 Å². The summed E-state index contributed by atoms with van der Waals surface area (Å²) < 4.78 is 13.6. The minimum Gasteiger partial charge on any atom is -0.478 e. The zero-order valence-electron chi connectivity index (χ0n) is 10.5. The molecule has 3 N–H and O–H groups in total. The molecule has 0 aliphatic carbocycles. The summed E-state index contributed by atoms with van der Waals surface area (Å²) in [5.74, 6) is -2.11. The van der Waals surface area contributed by atoms with Crippen LogP contribution in [-0.4, -0.2) is 30.1 Å². The van der Waals surface area contributed by atoms with Crippen LogP contribution in [0, 0.1) is 11.2 Å². The quantitative estimate of drug-likeness (QED) is 0.774. The Hall–Kier alpha value is -1.95. The van der Waals surface area contributed by atoms with Crippen molar-refractivity contribution in [1.82, 2.24) is 5.32 Å². The first kappa shape index (κ1) is 13.5. The third-order valence-electron chi connectivity index (χ3n) is 3.38. The van der Waals surface area contributed by atoms with E-state index in [9.17, 15) is 14.0 Å². The van der Waals surface area contributed by atoms with Gasteiger partial charge in [-0.2, -0.15) is 0 Å². The molecule has 1 aromatic carbocycles. The summed E-state index contributed by atoms with van der Waals surface area (Å²) in [6, 6.07) is 3.32. The predicted molar refractivity (Wildman–Crippen MR) is 67.6 cm³/mol. The summed E-state index contributed by atoms with van der Waals surface area (Å²) in [5.41, 5.74) is -0.754. The molecule has 0 aromatic heterocycles. The number of hydrogen-bond acceptors (Lipinski definition) is 3. The molecule has 1 amide bonds. The number of carbonyl (C=O) groups excluding carboxylic acids is 1. The van der Waals surface area contributed by atoms with Gasteiger partial charge in [-0.15, -0.1) is 0 Å². The van der Waals surface area contributed by atoms with Gasteiger partial charge >= 0.3 is 5.97 Å². The van der Waals surface area contributed by atoms with Crippen molar-refractivity contribution in [3.8, 4) is 0 Å². The van der Waals surface area contributed by atoms with Crippen LogP contribution in [0.15, 0.2) is 18.2 Å². The van der Waals surface area contributed by atoms with Gasteiger partial charge in [0, 0.05) is 6.54 Å². The standard InChI is InChI=1S/C13H15FN2O3/c1-13(4-5-15-7-13)12(19)16-10-6-8(11(17)18)2-3-9(10)14/h2-3,6,15H,4-5,7H2,1H3,(H,16,19)(H,17,18). The molecule has 1 saturated heterocycles. The summed E-state index contributed by atoms with van der Waals surface area (Å²) in [4.78, 5) is 22.9. The Balaban J connectivity index is 2.20. The highest BCUT2D eigenvalue weighted by molar-refractivity contribution is 5.97. The Morgan fingerprint density at radius 2 is 2.21 bits per heavy atom. The monoisotopic (exact) mass is 266 g/mol. The molecule has 0 saturated carbocycles. The predicted octanol–water partition coefficient (Wildman–Crippen LogP) is 1.46. The molecule has 6 heteroatoms. The van der Waals surface area contributed by atoms with E-state index in [0.29, 0.717) is 13.0 Å². The lowest BCUT2D eigenvalue weighted by Gasteiger charge is -2.21. The zero-order chi connectivity index (χ0) is 14.0. The molecule has 0 spiro atoms.